The summed E-state index contributed by atoms with van der Waals surface area (Å²) < 4.78 is 46.6. The Labute approximate surface area is 254 Å². The lowest BCUT2D eigenvalue weighted by Gasteiger charge is -2.26. The van der Waals surface area contributed by atoms with Crippen LogP contribution in [0.15, 0.2) is 82.8 Å². The van der Waals surface area contributed by atoms with Crippen LogP contribution in [0.3, 0.4) is 0 Å². The van der Waals surface area contributed by atoms with E-state index in [1.54, 1.807) is 43.3 Å². The molecule has 3 aromatic carbocycles. The van der Waals surface area contributed by atoms with Crippen molar-refractivity contribution in [3.05, 3.63) is 78.4 Å². The number of hydrogen-bond donors (Lipinski definition) is 1. The van der Waals surface area contributed by atoms with Gasteiger partial charge in [-0.2, -0.15) is 4.31 Å². The monoisotopic (exact) mass is 621 g/mol. The second-order valence-electron chi connectivity index (χ2n) is 10.0. The van der Waals surface area contributed by atoms with E-state index in [4.69, 9.17) is 14.2 Å². The number of sulfonamides is 1. The van der Waals surface area contributed by atoms with Crippen molar-refractivity contribution < 1.29 is 27.4 Å². The summed E-state index contributed by atoms with van der Waals surface area (Å²) in [6.45, 7) is 4.53. The summed E-state index contributed by atoms with van der Waals surface area (Å²) in [6, 6.07) is 21.9. The van der Waals surface area contributed by atoms with Gasteiger partial charge in [0.05, 0.1) is 29.9 Å². The number of nitrogens with one attached hydrogen (secondary N) is 1. The first-order valence-corrected chi connectivity index (χ1v) is 16.2. The smallest absolute Gasteiger partial charge is 0.243 e. The molecule has 2 aliphatic heterocycles. The van der Waals surface area contributed by atoms with Crippen LogP contribution in [0.5, 0.6) is 11.5 Å². The minimum absolute atomic E-state index is 0.183. The molecule has 13 heteroatoms. The molecule has 1 fully saturated rings. The number of ether oxygens (including phenoxy) is 3. The van der Waals surface area contributed by atoms with Crippen molar-refractivity contribution in [3.63, 3.8) is 0 Å². The third-order valence-electron chi connectivity index (χ3n) is 7.06. The third kappa shape index (κ3) is 6.54. The predicted molar refractivity (Wildman–Crippen MR) is 162 cm³/mol. The van der Waals surface area contributed by atoms with Gasteiger partial charge in [-0.3, -0.25) is 9.36 Å². The molecule has 4 aromatic rings. The van der Waals surface area contributed by atoms with Crippen molar-refractivity contribution in [2.45, 2.75) is 28.8 Å². The number of fused-ring (bicyclic) bond motifs is 1. The molecule has 1 aromatic heterocycles. The van der Waals surface area contributed by atoms with Crippen molar-refractivity contribution in [2.24, 2.45) is 0 Å². The van der Waals surface area contributed by atoms with Gasteiger partial charge >= 0.3 is 0 Å². The van der Waals surface area contributed by atoms with E-state index in [-0.39, 0.29) is 10.8 Å². The molecule has 6 rings (SSSR count). The molecule has 1 unspecified atom stereocenters. The van der Waals surface area contributed by atoms with Crippen LogP contribution in [0.1, 0.15) is 12.5 Å². The van der Waals surface area contributed by atoms with E-state index < -0.39 is 15.3 Å². The highest BCUT2D eigenvalue weighted by Crippen LogP contribution is 2.34. The van der Waals surface area contributed by atoms with Crippen molar-refractivity contribution in [1.82, 2.24) is 19.1 Å². The van der Waals surface area contributed by atoms with E-state index in [0.29, 0.717) is 79.8 Å². The third-order valence-corrected chi connectivity index (χ3v) is 10.0. The summed E-state index contributed by atoms with van der Waals surface area (Å²) in [5.74, 6) is 1.53. The van der Waals surface area contributed by atoms with E-state index in [0.717, 1.165) is 5.56 Å². The quantitative estimate of drug-likeness (QED) is 0.277. The summed E-state index contributed by atoms with van der Waals surface area (Å²) >= 11 is 1.27. The number of morpholine rings is 1. The maximum absolute atomic E-state index is 13.4. The Hall–Kier alpha value is -3.91. The molecule has 0 aliphatic carbocycles. The van der Waals surface area contributed by atoms with Crippen molar-refractivity contribution in [1.29, 1.82) is 0 Å². The Morgan fingerprint density at radius 1 is 0.930 bits per heavy atom. The van der Waals surface area contributed by atoms with Crippen molar-refractivity contribution >= 4 is 33.4 Å². The van der Waals surface area contributed by atoms with Crippen LogP contribution < -0.4 is 14.8 Å². The van der Waals surface area contributed by atoms with Gasteiger partial charge in [0, 0.05) is 30.4 Å². The van der Waals surface area contributed by atoms with E-state index in [9.17, 15) is 13.2 Å². The van der Waals surface area contributed by atoms with Crippen LogP contribution >= 0.6 is 11.8 Å². The fourth-order valence-corrected chi connectivity index (χ4v) is 7.11. The molecule has 0 radical (unpaired) electrons. The Morgan fingerprint density at radius 3 is 2.49 bits per heavy atom. The predicted octanol–water partition coefficient (Wildman–Crippen LogP) is 3.90. The normalized spacial score (nSPS) is 16.0. The summed E-state index contributed by atoms with van der Waals surface area (Å²) in [5, 5.41) is 11.9. The van der Waals surface area contributed by atoms with Crippen LogP contribution in [0, 0.1) is 0 Å². The molecule has 1 N–H and O–H groups in total. The summed E-state index contributed by atoms with van der Waals surface area (Å²) in [5.41, 5.74) is 2.22. The van der Waals surface area contributed by atoms with Gasteiger partial charge in [-0.15, -0.1) is 10.2 Å². The number of carbonyl (C=O) groups is 1. The van der Waals surface area contributed by atoms with Crippen molar-refractivity contribution in [2.75, 3.05) is 44.8 Å². The Balaban J connectivity index is 1.26. The molecule has 1 amide bonds. The Morgan fingerprint density at radius 2 is 1.70 bits per heavy atom. The maximum Gasteiger partial charge on any atom is 0.243 e. The van der Waals surface area contributed by atoms with Crippen LogP contribution in [0.2, 0.25) is 0 Å². The number of nitrogens with zero attached hydrogens (tertiary/aromatic N) is 4. The molecule has 3 heterocycles. The average molecular weight is 622 g/mol. The second-order valence-corrected chi connectivity index (χ2v) is 13.3. The molecule has 0 bridgehead atoms. The Bertz CT molecular complexity index is 1710. The summed E-state index contributed by atoms with van der Waals surface area (Å²) in [6.07, 6.45) is 0. The zero-order chi connectivity index (χ0) is 29.8. The molecule has 43 heavy (non-hydrogen) atoms. The van der Waals surface area contributed by atoms with E-state index >= 15 is 0 Å². The van der Waals surface area contributed by atoms with Crippen LogP contribution in [-0.4, -0.2) is 78.2 Å². The number of amides is 1. The van der Waals surface area contributed by atoms with Crippen LogP contribution in [0.4, 0.5) is 5.69 Å². The fraction of sp³-hybridized carbons (Fsp3) is 0.300. The molecule has 0 saturated carbocycles. The van der Waals surface area contributed by atoms with E-state index in [1.165, 1.54) is 16.1 Å². The Kier molecular flexibility index (Phi) is 8.66. The number of thioether (sulfide) groups is 1. The van der Waals surface area contributed by atoms with Gasteiger partial charge in [0.1, 0.15) is 13.2 Å². The van der Waals surface area contributed by atoms with E-state index in [1.807, 2.05) is 41.0 Å². The highest BCUT2D eigenvalue weighted by atomic mass is 32.2. The lowest BCUT2D eigenvalue weighted by Crippen LogP contribution is -2.40. The molecule has 2 aliphatic rings. The second kappa shape index (κ2) is 12.8. The first-order chi connectivity index (χ1) is 20.9. The van der Waals surface area contributed by atoms with Crippen LogP contribution in [0.25, 0.3) is 11.4 Å². The highest BCUT2D eigenvalue weighted by Gasteiger charge is 2.28. The number of anilines is 1. The number of hydrogen-bond acceptors (Lipinski definition) is 9. The molecule has 11 nitrogen and oxygen atoms in total. The topological polar surface area (TPSA) is 125 Å². The van der Waals surface area contributed by atoms with Gasteiger partial charge in [-0.25, -0.2) is 8.42 Å². The molecule has 224 valence electrons. The highest BCUT2D eigenvalue weighted by molar-refractivity contribution is 8.00. The van der Waals surface area contributed by atoms with E-state index in [2.05, 4.69) is 15.5 Å². The number of rotatable bonds is 9. The SMILES string of the molecule is CC(Sc1nnc(-c2cccc(S(=O)(=O)N3CCOCC3)c2)n1Cc1ccccc1)C(=O)Nc1ccc2c(c1)OCCO2. The van der Waals surface area contributed by atoms with Crippen molar-refractivity contribution in [3.8, 4) is 22.9 Å². The zero-order valence-electron chi connectivity index (χ0n) is 23.5. The molecule has 1 saturated heterocycles. The number of carbonyl (C=O) groups excluding carboxylic acids is 1. The van der Waals surface area contributed by atoms with Gasteiger partial charge in [0.25, 0.3) is 0 Å². The largest absolute Gasteiger partial charge is 0.486 e. The average Bonchev–Trinajstić information content (AvgIpc) is 3.43. The maximum atomic E-state index is 13.4. The number of aromatic nitrogens is 3. The lowest BCUT2D eigenvalue weighted by molar-refractivity contribution is -0.115. The number of benzene rings is 3. The minimum atomic E-state index is -3.70. The lowest BCUT2D eigenvalue weighted by atomic mass is 10.2. The fourth-order valence-electron chi connectivity index (χ4n) is 4.81. The first-order valence-electron chi connectivity index (χ1n) is 13.9. The summed E-state index contributed by atoms with van der Waals surface area (Å²) in [4.78, 5) is 13.4. The summed E-state index contributed by atoms with van der Waals surface area (Å²) in [7, 11) is -3.70. The van der Waals surface area contributed by atoms with Gasteiger partial charge in [-0.1, -0.05) is 54.2 Å². The minimum Gasteiger partial charge on any atom is -0.486 e. The molecule has 1 atom stereocenters. The molecular formula is C30H31N5O6S2. The van der Waals surface area contributed by atoms with Gasteiger partial charge < -0.3 is 19.5 Å². The van der Waals surface area contributed by atoms with Crippen LogP contribution in [-0.2, 0) is 26.1 Å². The molecule has 0 spiro atoms. The first kappa shape index (κ1) is 29.2. The van der Waals surface area contributed by atoms with Gasteiger partial charge in [0.2, 0.25) is 15.9 Å². The standard InChI is InChI=1S/C30H31N5O6S2/c1-21(29(36)31-24-10-11-26-27(19-24)41-17-16-40-26)42-30-33-32-28(35(30)20-22-6-3-2-4-7-22)23-8-5-9-25(18-23)43(37,38)34-12-14-39-15-13-34/h2-11,18-19,21H,12-17,20H2,1H3,(H,31,36). The van der Waals surface area contributed by atoms with Gasteiger partial charge in [0.15, 0.2) is 22.5 Å². The molecular weight excluding hydrogens is 590 g/mol. The van der Waals surface area contributed by atoms with Gasteiger partial charge in [-0.05, 0) is 36.8 Å². The zero-order valence-corrected chi connectivity index (χ0v) is 25.1.